The maximum absolute atomic E-state index is 11.5. The Bertz CT molecular complexity index is 261. The molecular formula is C16H28O3. The summed E-state index contributed by atoms with van der Waals surface area (Å²) in [5, 5.41) is 0. The van der Waals surface area contributed by atoms with Gasteiger partial charge in [0, 0.05) is 5.41 Å². The highest BCUT2D eigenvalue weighted by atomic mass is 16.5. The predicted molar refractivity (Wildman–Crippen MR) is 75.9 cm³/mol. The van der Waals surface area contributed by atoms with Gasteiger partial charge in [-0.25, -0.2) is 0 Å². The molecule has 1 rings (SSSR count). The Morgan fingerprint density at radius 1 is 0.947 bits per heavy atom. The van der Waals surface area contributed by atoms with Crippen molar-refractivity contribution in [2.75, 3.05) is 7.11 Å². The lowest BCUT2D eigenvalue weighted by atomic mass is 9.76. The normalized spacial score (nSPS) is 21.7. The van der Waals surface area contributed by atoms with Gasteiger partial charge in [-0.2, -0.15) is 0 Å². The lowest BCUT2D eigenvalue weighted by Gasteiger charge is -2.27. The summed E-state index contributed by atoms with van der Waals surface area (Å²) in [6, 6.07) is 0. The van der Waals surface area contributed by atoms with E-state index in [1.165, 1.54) is 52.1 Å². The van der Waals surface area contributed by atoms with E-state index in [-0.39, 0.29) is 12.4 Å². The van der Waals surface area contributed by atoms with Crippen LogP contribution in [0.2, 0.25) is 0 Å². The van der Waals surface area contributed by atoms with E-state index in [0.717, 1.165) is 32.0 Å². The largest absolute Gasteiger partial charge is 0.469 e. The van der Waals surface area contributed by atoms with Crippen LogP contribution in [0.5, 0.6) is 0 Å². The Hall–Kier alpha value is -0.860. The molecule has 1 aliphatic carbocycles. The molecule has 0 aromatic heterocycles. The second-order valence-corrected chi connectivity index (χ2v) is 5.92. The van der Waals surface area contributed by atoms with Crippen LogP contribution in [-0.2, 0) is 14.3 Å². The molecule has 0 amide bonds. The molecule has 0 aromatic carbocycles. The van der Waals surface area contributed by atoms with E-state index in [4.69, 9.17) is 4.74 Å². The predicted octanol–water partition coefficient (Wildman–Crippen LogP) is 4.04. The average molecular weight is 268 g/mol. The maximum atomic E-state index is 11.5. The van der Waals surface area contributed by atoms with Gasteiger partial charge >= 0.3 is 5.97 Å². The van der Waals surface area contributed by atoms with Gasteiger partial charge in [0.25, 0.3) is 0 Å². The van der Waals surface area contributed by atoms with Gasteiger partial charge in [-0.1, -0.05) is 57.8 Å². The molecule has 3 heteroatoms. The van der Waals surface area contributed by atoms with Crippen molar-refractivity contribution in [2.45, 2.75) is 77.0 Å². The van der Waals surface area contributed by atoms with E-state index in [1.807, 2.05) is 0 Å². The van der Waals surface area contributed by atoms with Crippen molar-refractivity contribution in [3.63, 3.8) is 0 Å². The molecule has 1 saturated carbocycles. The summed E-state index contributed by atoms with van der Waals surface area (Å²) in [7, 11) is 1.40. The molecule has 0 saturated heterocycles. The number of hydrogen-bond donors (Lipinski definition) is 0. The van der Waals surface area contributed by atoms with Gasteiger partial charge in [0.1, 0.15) is 6.29 Å². The molecule has 0 aliphatic heterocycles. The zero-order valence-corrected chi connectivity index (χ0v) is 12.3. The SMILES string of the molecule is COC(=O)CC1(C=O)CCCCCCCCCCC1. The standard InChI is InChI=1S/C16H28O3/c1-19-15(18)13-16(14-17)11-9-7-5-3-2-4-6-8-10-12-16/h14H,2-13H2,1H3. The zero-order chi connectivity index (χ0) is 14.0. The Morgan fingerprint density at radius 3 is 1.74 bits per heavy atom. The number of esters is 1. The Kier molecular flexibility index (Phi) is 7.76. The minimum absolute atomic E-state index is 0.251. The summed E-state index contributed by atoms with van der Waals surface area (Å²) in [6.45, 7) is 0. The molecule has 0 spiro atoms. The number of carbonyl (C=O) groups is 2. The first-order valence-corrected chi connectivity index (χ1v) is 7.76. The monoisotopic (exact) mass is 268 g/mol. The van der Waals surface area contributed by atoms with Crippen LogP contribution in [0.3, 0.4) is 0 Å². The molecule has 3 nitrogen and oxygen atoms in total. The third kappa shape index (κ3) is 6.22. The first-order chi connectivity index (χ1) is 9.22. The number of hydrogen-bond acceptors (Lipinski definition) is 3. The average Bonchev–Trinajstić information content (AvgIpc) is 2.42. The molecule has 0 heterocycles. The van der Waals surface area contributed by atoms with E-state index in [0.29, 0.717) is 0 Å². The summed E-state index contributed by atoms with van der Waals surface area (Å²) in [5.41, 5.74) is -0.466. The number of methoxy groups -OCH3 is 1. The lowest BCUT2D eigenvalue weighted by Crippen LogP contribution is -2.27. The van der Waals surface area contributed by atoms with Gasteiger partial charge in [0.15, 0.2) is 0 Å². The van der Waals surface area contributed by atoms with Crippen LogP contribution in [0.1, 0.15) is 77.0 Å². The van der Waals surface area contributed by atoms with Crippen molar-refractivity contribution in [1.82, 2.24) is 0 Å². The highest BCUT2D eigenvalue weighted by Crippen LogP contribution is 2.34. The molecule has 1 aliphatic rings. The molecule has 0 bridgehead atoms. The number of carbonyl (C=O) groups excluding carboxylic acids is 2. The van der Waals surface area contributed by atoms with Gasteiger partial charge in [-0.3, -0.25) is 4.79 Å². The Morgan fingerprint density at radius 2 is 1.37 bits per heavy atom. The second-order valence-electron chi connectivity index (χ2n) is 5.92. The van der Waals surface area contributed by atoms with Gasteiger partial charge in [-0.15, -0.1) is 0 Å². The fraction of sp³-hybridized carbons (Fsp3) is 0.875. The molecule has 0 radical (unpaired) electrons. The fourth-order valence-electron chi connectivity index (χ4n) is 3.01. The summed E-state index contributed by atoms with van der Waals surface area (Å²) in [4.78, 5) is 23.1. The van der Waals surface area contributed by atoms with Crippen LogP contribution in [-0.4, -0.2) is 19.4 Å². The van der Waals surface area contributed by atoms with Crippen molar-refractivity contribution in [1.29, 1.82) is 0 Å². The molecule has 0 aromatic rings. The van der Waals surface area contributed by atoms with E-state index in [1.54, 1.807) is 0 Å². The third-order valence-corrected chi connectivity index (χ3v) is 4.32. The molecule has 0 N–H and O–H groups in total. The van der Waals surface area contributed by atoms with Gasteiger partial charge in [-0.05, 0) is 12.8 Å². The Balaban J connectivity index is 2.60. The summed E-state index contributed by atoms with van der Waals surface area (Å²) in [5.74, 6) is -0.251. The summed E-state index contributed by atoms with van der Waals surface area (Å²) in [6.07, 6.45) is 13.9. The number of rotatable bonds is 3. The van der Waals surface area contributed by atoms with Crippen LogP contribution in [0, 0.1) is 5.41 Å². The fourth-order valence-corrected chi connectivity index (χ4v) is 3.01. The van der Waals surface area contributed by atoms with E-state index in [2.05, 4.69) is 0 Å². The van der Waals surface area contributed by atoms with Crippen molar-refractivity contribution < 1.29 is 14.3 Å². The van der Waals surface area contributed by atoms with Gasteiger partial charge < -0.3 is 9.53 Å². The Labute approximate surface area is 117 Å². The molecule has 0 unspecified atom stereocenters. The number of ether oxygens (including phenoxy) is 1. The molecular weight excluding hydrogens is 240 g/mol. The molecule has 1 fully saturated rings. The van der Waals surface area contributed by atoms with Crippen LogP contribution in [0.4, 0.5) is 0 Å². The van der Waals surface area contributed by atoms with Gasteiger partial charge in [0.2, 0.25) is 0 Å². The smallest absolute Gasteiger partial charge is 0.306 e. The van der Waals surface area contributed by atoms with Crippen LogP contribution in [0.15, 0.2) is 0 Å². The lowest BCUT2D eigenvalue weighted by molar-refractivity contribution is -0.145. The minimum atomic E-state index is -0.466. The van der Waals surface area contributed by atoms with Gasteiger partial charge in [0.05, 0.1) is 13.5 Å². The third-order valence-electron chi connectivity index (χ3n) is 4.32. The first-order valence-electron chi connectivity index (χ1n) is 7.76. The molecule has 0 atom stereocenters. The number of aldehydes is 1. The quantitative estimate of drug-likeness (QED) is 0.573. The summed E-state index contributed by atoms with van der Waals surface area (Å²) < 4.78 is 4.75. The van der Waals surface area contributed by atoms with Crippen molar-refractivity contribution >= 4 is 12.3 Å². The van der Waals surface area contributed by atoms with Crippen LogP contribution in [0.25, 0.3) is 0 Å². The first kappa shape index (κ1) is 16.2. The molecule has 19 heavy (non-hydrogen) atoms. The molecule has 110 valence electrons. The maximum Gasteiger partial charge on any atom is 0.306 e. The highest BCUT2D eigenvalue weighted by Gasteiger charge is 2.32. The van der Waals surface area contributed by atoms with Crippen molar-refractivity contribution in [3.05, 3.63) is 0 Å². The topological polar surface area (TPSA) is 43.4 Å². The van der Waals surface area contributed by atoms with E-state index < -0.39 is 5.41 Å². The van der Waals surface area contributed by atoms with Crippen molar-refractivity contribution in [2.24, 2.45) is 5.41 Å². The van der Waals surface area contributed by atoms with E-state index in [9.17, 15) is 9.59 Å². The van der Waals surface area contributed by atoms with Crippen LogP contribution >= 0.6 is 0 Å². The summed E-state index contributed by atoms with van der Waals surface area (Å²) >= 11 is 0. The van der Waals surface area contributed by atoms with Crippen LogP contribution < -0.4 is 0 Å². The zero-order valence-electron chi connectivity index (χ0n) is 12.3. The minimum Gasteiger partial charge on any atom is -0.469 e. The van der Waals surface area contributed by atoms with Crippen molar-refractivity contribution in [3.8, 4) is 0 Å². The second kappa shape index (κ2) is 9.11. The highest BCUT2D eigenvalue weighted by molar-refractivity contribution is 5.75. The van der Waals surface area contributed by atoms with E-state index >= 15 is 0 Å².